The Morgan fingerprint density at radius 1 is 1.12 bits per heavy atom. The van der Waals surface area contributed by atoms with Crippen molar-refractivity contribution in [1.29, 1.82) is 0 Å². The monoisotopic (exact) mass is 435 g/mol. The number of hydrogen-bond acceptors (Lipinski definition) is 6. The second-order valence-electron chi connectivity index (χ2n) is 7.58. The summed E-state index contributed by atoms with van der Waals surface area (Å²) in [5, 5.41) is 0. The number of pyridine rings is 1. The molecule has 0 spiro atoms. The zero-order valence-electron chi connectivity index (χ0n) is 17.8. The summed E-state index contributed by atoms with van der Waals surface area (Å²) in [6, 6.07) is 14.6. The molecule has 8 heteroatoms. The molecule has 0 saturated carbocycles. The van der Waals surface area contributed by atoms with E-state index in [0.29, 0.717) is 19.7 Å². The van der Waals surface area contributed by atoms with E-state index in [2.05, 4.69) is 4.98 Å². The highest BCUT2D eigenvalue weighted by atomic mass is 16.5. The zero-order valence-corrected chi connectivity index (χ0v) is 17.8. The number of ether oxygens (including phenoxy) is 2. The van der Waals surface area contributed by atoms with Gasteiger partial charge in [-0.1, -0.05) is 18.2 Å². The van der Waals surface area contributed by atoms with Gasteiger partial charge < -0.3 is 23.7 Å². The molecule has 0 unspecified atom stereocenters. The van der Waals surface area contributed by atoms with E-state index in [0.717, 1.165) is 16.9 Å². The van der Waals surface area contributed by atoms with Crippen LogP contribution in [0.25, 0.3) is 0 Å². The molecule has 0 N–H and O–H groups in total. The topological polar surface area (TPSA) is 85.1 Å². The summed E-state index contributed by atoms with van der Waals surface area (Å²) in [7, 11) is 1.61. The molecular formula is C24H25N3O5. The standard InChI is InChI=1S/C24H25N3O5/c1-30-20-8-6-18(7-9-20)13-26-14-21(32-17-19-4-2-10-25-12-19)15-27(16-23(26)28)24(29)22-5-3-11-31-22/h2-12,21H,13-17H2,1H3/t21-/m1/s1. The first kappa shape index (κ1) is 21.6. The van der Waals surface area contributed by atoms with E-state index < -0.39 is 0 Å². The quantitative estimate of drug-likeness (QED) is 0.567. The Bertz CT molecular complexity index is 1020. The summed E-state index contributed by atoms with van der Waals surface area (Å²) in [6.45, 7) is 1.37. The number of methoxy groups -OCH3 is 1. The Kier molecular flexibility index (Phi) is 6.81. The third-order valence-electron chi connectivity index (χ3n) is 5.29. The fourth-order valence-corrected chi connectivity index (χ4v) is 3.60. The lowest BCUT2D eigenvalue weighted by atomic mass is 10.2. The summed E-state index contributed by atoms with van der Waals surface area (Å²) in [5.41, 5.74) is 1.89. The highest BCUT2D eigenvalue weighted by Gasteiger charge is 2.32. The maximum Gasteiger partial charge on any atom is 0.290 e. The number of carbonyl (C=O) groups is 2. The molecule has 32 heavy (non-hydrogen) atoms. The van der Waals surface area contributed by atoms with Gasteiger partial charge in [0.25, 0.3) is 5.91 Å². The molecule has 3 heterocycles. The molecule has 1 atom stereocenters. The van der Waals surface area contributed by atoms with Gasteiger partial charge >= 0.3 is 0 Å². The second kappa shape index (κ2) is 10.1. The first-order chi connectivity index (χ1) is 15.6. The molecule has 1 saturated heterocycles. The lowest BCUT2D eigenvalue weighted by molar-refractivity contribution is -0.132. The second-order valence-corrected chi connectivity index (χ2v) is 7.58. The number of carbonyl (C=O) groups excluding carboxylic acids is 2. The van der Waals surface area contributed by atoms with Crippen molar-refractivity contribution in [3.63, 3.8) is 0 Å². The van der Waals surface area contributed by atoms with Crippen molar-refractivity contribution in [3.8, 4) is 5.75 Å². The van der Waals surface area contributed by atoms with Crippen molar-refractivity contribution in [2.45, 2.75) is 19.3 Å². The largest absolute Gasteiger partial charge is 0.497 e. The van der Waals surface area contributed by atoms with Crippen LogP contribution < -0.4 is 4.74 Å². The number of amides is 2. The molecule has 2 aromatic heterocycles. The Hall–Kier alpha value is -3.65. The van der Waals surface area contributed by atoms with Crippen LogP contribution in [-0.2, 0) is 22.7 Å². The van der Waals surface area contributed by atoms with Gasteiger partial charge in [-0.3, -0.25) is 14.6 Å². The van der Waals surface area contributed by atoms with Crippen LogP contribution >= 0.6 is 0 Å². The predicted molar refractivity (Wildman–Crippen MR) is 116 cm³/mol. The lowest BCUT2D eigenvalue weighted by Crippen LogP contribution is -2.39. The molecule has 2 amide bonds. The summed E-state index contributed by atoms with van der Waals surface area (Å²) < 4.78 is 16.6. The van der Waals surface area contributed by atoms with Gasteiger partial charge in [-0.05, 0) is 41.5 Å². The van der Waals surface area contributed by atoms with Gasteiger partial charge in [-0.15, -0.1) is 0 Å². The van der Waals surface area contributed by atoms with Gasteiger partial charge in [0.15, 0.2) is 5.76 Å². The van der Waals surface area contributed by atoms with Crippen molar-refractivity contribution >= 4 is 11.8 Å². The number of nitrogens with zero attached hydrogens (tertiary/aromatic N) is 3. The Morgan fingerprint density at radius 3 is 2.66 bits per heavy atom. The average Bonchev–Trinajstić information content (AvgIpc) is 3.32. The number of benzene rings is 1. The van der Waals surface area contributed by atoms with Crippen molar-refractivity contribution in [3.05, 3.63) is 84.1 Å². The molecule has 3 aromatic rings. The van der Waals surface area contributed by atoms with E-state index in [1.807, 2.05) is 36.4 Å². The van der Waals surface area contributed by atoms with E-state index in [1.165, 1.54) is 11.2 Å². The van der Waals surface area contributed by atoms with Crippen molar-refractivity contribution in [2.24, 2.45) is 0 Å². The van der Waals surface area contributed by atoms with Gasteiger partial charge in [0.05, 0.1) is 26.1 Å². The average molecular weight is 435 g/mol. The normalized spacial score (nSPS) is 16.7. The maximum atomic E-state index is 13.1. The molecule has 0 radical (unpaired) electrons. The van der Waals surface area contributed by atoms with E-state index in [-0.39, 0.29) is 36.8 Å². The summed E-state index contributed by atoms with van der Waals surface area (Å²) in [6.07, 6.45) is 4.52. The van der Waals surface area contributed by atoms with E-state index in [4.69, 9.17) is 13.9 Å². The molecule has 1 aliphatic rings. The third-order valence-corrected chi connectivity index (χ3v) is 5.29. The number of hydrogen-bond donors (Lipinski definition) is 0. The molecule has 0 bridgehead atoms. The smallest absolute Gasteiger partial charge is 0.290 e. The summed E-state index contributed by atoms with van der Waals surface area (Å²) >= 11 is 0. The minimum atomic E-state index is -0.362. The minimum absolute atomic E-state index is 0.0392. The first-order valence-electron chi connectivity index (χ1n) is 10.4. The molecule has 4 rings (SSSR count). The van der Waals surface area contributed by atoms with Gasteiger partial charge in [-0.25, -0.2) is 0 Å². The van der Waals surface area contributed by atoms with Gasteiger partial charge in [0.1, 0.15) is 12.3 Å². The summed E-state index contributed by atoms with van der Waals surface area (Å²) in [5.74, 6) is 0.481. The zero-order chi connectivity index (χ0) is 22.3. The van der Waals surface area contributed by atoms with Crippen molar-refractivity contribution in [1.82, 2.24) is 14.8 Å². The fourth-order valence-electron chi connectivity index (χ4n) is 3.60. The minimum Gasteiger partial charge on any atom is -0.497 e. The van der Waals surface area contributed by atoms with E-state index >= 15 is 0 Å². The van der Waals surface area contributed by atoms with Crippen LogP contribution in [0.1, 0.15) is 21.7 Å². The number of aromatic nitrogens is 1. The molecule has 8 nitrogen and oxygen atoms in total. The Morgan fingerprint density at radius 2 is 1.97 bits per heavy atom. The van der Waals surface area contributed by atoms with Gasteiger partial charge in [-0.2, -0.15) is 0 Å². The molecular weight excluding hydrogens is 410 g/mol. The molecule has 166 valence electrons. The molecule has 0 aliphatic carbocycles. The molecule has 1 aromatic carbocycles. The van der Waals surface area contributed by atoms with Crippen LogP contribution in [0, 0.1) is 0 Å². The third kappa shape index (κ3) is 5.33. The Labute approximate surface area is 186 Å². The maximum absolute atomic E-state index is 13.1. The number of rotatable bonds is 7. The Balaban J connectivity index is 1.51. The van der Waals surface area contributed by atoms with Crippen molar-refractivity contribution < 1.29 is 23.5 Å². The van der Waals surface area contributed by atoms with Crippen LogP contribution in [0.3, 0.4) is 0 Å². The van der Waals surface area contributed by atoms with E-state index in [1.54, 1.807) is 36.5 Å². The number of furan rings is 1. The van der Waals surface area contributed by atoms with Gasteiger partial charge in [0, 0.05) is 32.0 Å². The van der Waals surface area contributed by atoms with Crippen LogP contribution in [0.15, 0.2) is 71.6 Å². The summed E-state index contributed by atoms with van der Waals surface area (Å²) in [4.78, 5) is 33.3. The van der Waals surface area contributed by atoms with Crippen molar-refractivity contribution in [2.75, 3.05) is 26.7 Å². The highest BCUT2D eigenvalue weighted by Crippen LogP contribution is 2.18. The fraction of sp³-hybridized carbons (Fsp3) is 0.292. The first-order valence-corrected chi connectivity index (χ1v) is 10.4. The molecule has 1 aliphatic heterocycles. The highest BCUT2D eigenvalue weighted by molar-refractivity contribution is 5.94. The lowest BCUT2D eigenvalue weighted by Gasteiger charge is -2.25. The molecule has 1 fully saturated rings. The predicted octanol–water partition coefficient (Wildman–Crippen LogP) is 2.75. The van der Waals surface area contributed by atoms with Crippen LogP contribution in [0.5, 0.6) is 5.75 Å². The van der Waals surface area contributed by atoms with Crippen LogP contribution in [0.4, 0.5) is 0 Å². The van der Waals surface area contributed by atoms with Crippen LogP contribution in [0.2, 0.25) is 0 Å². The van der Waals surface area contributed by atoms with Crippen LogP contribution in [-0.4, -0.2) is 59.4 Å². The van der Waals surface area contributed by atoms with Gasteiger partial charge in [0.2, 0.25) is 5.91 Å². The van der Waals surface area contributed by atoms with E-state index in [9.17, 15) is 9.59 Å². The SMILES string of the molecule is COc1ccc(CN2C[C@@H](OCc3cccnc3)CN(C(=O)c3ccco3)CC2=O)cc1.